The third-order valence-electron chi connectivity index (χ3n) is 7.76. The van der Waals surface area contributed by atoms with E-state index in [1.54, 1.807) is 6.08 Å². The van der Waals surface area contributed by atoms with Gasteiger partial charge in [0.25, 0.3) is 0 Å². The molecule has 1 aliphatic rings. The lowest BCUT2D eigenvalue weighted by molar-refractivity contribution is -0.298. The summed E-state index contributed by atoms with van der Waals surface area (Å²) in [6, 6.07) is -1.15. The fourth-order valence-corrected chi connectivity index (χ4v) is 5.45. The van der Waals surface area contributed by atoms with Crippen molar-refractivity contribution in [3.63, 3.8) is 0 Å². The Bertz CT molecular complexity index is 1020. The second-order valence-corrected chi connectivity index (χ2v) is 12.9. The Morgan fingerprint density at radius 1 is 0.851 bits per heavy atom. The van der Waals surface area contributed by atoms with Gasteiger partial charge >= 0.3 is 10.4 Å². The second-order valence-electron chi connectivity index (χ2n) is 11.9. The fraction of sp³-hybridized carbons (Fsp3) is 0.788. The van der Waals surface area contributed by atoms with E-state index in [4.69, 9.17) is 14.0 Å². The van der Waals surface area contributed by atoms with Gasteiger partial charge < -0.3 is 40.3 Å². The van der Waals surface area contributed by atoms with Crippen molar-refractivity contribution in [1.29, 1.82) is 0 Å². The first-order valence-electron chi connectivity index (χ1n) is 17.0. The number of hydrogen-bond donors (Lipinski definition) is 7. The first kappa shape index (κ1) is 43.3. The van der Waals surface area contributed by atoms with Gasteiger partial charge in [0.1, 0.15) is 30.5 Å². The molecule has 0 aromatic carbocycles. The predicted molar refractivity (Wildman–Crippen MR) is 177 cm³/mol. The minimum atomic E-state index is -5.11. The van der Waals surface area contributed by atoms with E-state index in [0.717, 1.165) is 44.9 Å². The third-order valence-corrected chi connectivity index (χ3v) is 8.22. The van der Waals surface area contributed by atoms with Gasteiger partial charge in [-0.05, 0) is 51.4 Å². The van der Waals surface area contributed by atoms with Crippen LogP contribution in [-0.4, -0.2) is 107 Å². The van der Waals surface area contributed by atoms with Gasteiger partial charge in [-0.1, -0.05) is 88.8 Å². The minimum absolute atomic E-state index is 0.150. The van der Waals surface area contributed by atoms with Crippen LogP contribution < -0.4 is 5.32 Å². The summed E-state index contributed by atoms with van der Waals surface area (Å²) in [5, 5.41) is 54.4. The van der Waals surface area contributed by atoms with Crippen molar-refractivity contribution in [2.45, 2.75) is 153 Å². The topological polar surface area (TPSA) is 212 Å². The molecule has 1 rings (SSSR count). The summed E-state index contributed by atoms with van der Waals surface area (Å²) in [6.07, 6.45) is 13.0. The number of aliphatic hydroxyl groups excluding tert-OH is 5. The van der Waals surface area contributed by atoms with Crippen molar-refractivity contribution in [3.8, 4) is 0 Å². The molecule has 13 nitrogen and oxygen atoms in total. The van der Waals surface area contributed by atoms with Crippen LogP contribution in [0.3, 0.4) is 0 Å². The fourth-order valence-electron chi connectivity index (χ4n) is 4.94. The molecule has 1 fully saturated rings. The Labute approximate surface area is 280 Å². The van der Waals surface area contributed by atoms with Gasteiger partial charge in [0.05, 0.1) is 25.4 Å². The summed E-state index contributed by atoms with van der Waals surface area (Å²) in [4.78, 5) is 12.9. The monoisotopic (exact) mass is 693 g/mol. The van der Waals surface area contributed by atoms with Crippen LogP contribution in [-0.2, 0) is 28.9 Å². The maximum Gasteiger partial charge on any atom is 0.397 e. The zero-order valence-corrected chi connectivity index (χ0v) is 28.8. The van der Waals surface area contributed by atoms with Crippen molar-refractivity contribution in [2.24, 2.45) is 0 Å². The van der Waals surface area contributed by atoms with Gasteiger partial charge in [-0.15, -0.1) is 0 Å². The van der Waals surface area contributed by atoms with Crippen molar-refractivity contribution in [3.05, 3.63) is 36.5 Å². The molecular formula is C33H59NO12S. The van der Waals surface area contributed by atoms with Gasteiger partial charge in [-0.25, -0.2) is 4.18 Å². The summed E-state index contributed by atoms with van der Waals surface area (Å²) in [5.74, 6) is -0.755. The summed E-state index contributed by atoms with van der Waals surface area (Å²) in [6.45, 7) is 3.01. The third kappa shape index (κ3) is 19.2. The van der Waals surface area contributed by atoms with Crippen LogP contribution in [0.5, 0.6) is 0 Å². The largest absolute Gasteiger partial charge is 0.397 e. The summed E-state index contributed by atoms with van der Waals surface area (Å²) >= 11 is 0. The molecule has 1 saturated heterocycles. The molecule has 0 aliphatic carbocycles. The maximum atomic E-state index is 12.9. The van der Waals surface area contributed by atoms with Crippen molar-refractivity contribution < 1.29 is 57.0 Å². The Balaban J connectivity index is 2.86. The number of carbonyl (C=O) groups excluding carboxylic acids is 1. The van der Waals surface area contributed by atoms with Gasteiger partial charge in [-0.2, -0.15) is 8.42 Å². The lowest BCUT2D eigenvalue weighted by atomic mass is 9.99. The van der Waals surface area contributed by atoms with Crippen molar-refractivity contribution >= 4 is 16.3 Å². The Morgan fingerprint density at radius 2 is 1.43 bits per heavy atom. The highest BCUT2D eigenvalue weighted by Gasteiger charge is 2.48. The van der Waals surface area contributed by atoms with Gasteiger partial charge in [-0.3, -0.25) is 9.35 Å². The Morgan fingerprint density at radius 3 is 2.00 bits per heavy atom. The lowest BCUT2D eigenvalue weighted by Gasteiger charge is -2.41. The highest BCUT2D eigenvalue weighted by molar-refractivity contribution is 7.80. The standard InChI is InChI=1S/C33H59NO12S/c1-3-5-7-9-11-13-14-16-17-19-21-26(36)25(34-32(40)27(37)22-20-18-15-12-10-8-6-4-2)24-44-33-30(39)31(46-47(41,42)43)29(38)28(23-35)45-33/h13-15,18-19,21,25-31,33,35-39H,3-12,16-17,20,22-24H2,1-2H3,(H,34,40)(H,41,42,43)/b14-13+,18-15-,21-19+. The number of carbonyl (C=O) groups is 1. The molecule has 8 unspecified atom stereocenters. The normalized spacial score (nSPS) is 24.3. The number of rotatable bonds is 26. The number of amides is 1. The van der Waals surface area contributed by atoms with E-state index in [1.165, 1.54) is 31.8 Å². The van der Waals surface area contributed by atoms with Gasteiger partial charge in [0.15, 0.2) is 6.29 Å². The van der Waals surface area contributed by atoms with Crippen LogP contribution in [0.15, 0.2) is 36.5 Å². The van der Waals surface area contributed by atoms with Crippen molar-refractivity contribution in [1.82, 2.24) is 5.32 Å². The summed E-state index contributed by atoms with van der Waals surface area (Å²) in [5.41, 5.74) is 0. The molecule has 1 heterocycles. The lowest BCUT2D eigenvalue weighted by Crippen LogP contribution is -2.61. The molecule has 0 bridgehead atoms. The number of unbranched alkanes of at least 4 members (excludes halogenated alkanes) is 9. The SMILES string of the molecule is CCCCCC/C=C\CCC(O)C(=O)NC(COC1OC(CO)C(O)C(OS(=O)(=O)O)C1O)C(O)/C=C/CC/C=C/CCCCCC. The molecule has 0 aromatic rings. The van der Waals surface area contributed by atoms with Crippen LogP contribution in [0.1, 0.15) is 104 Å². The predicted octanol–water partition coefficient (Wildman–Crippen LogP) is 3.01. The smallest absolute Gasteiger partial charge is 0.394 e. The van der Waals surface area contributed by atoms with Crippen LogP contribution in [0, 0.1) is 0 Å². The average molecular weight is 694 g/mol. The van der Waals surface area contributed by atoms with Gasteiger partial charge in [0, 0.05) is 0 Å². The molecular weight excluding hydrogens is 634 g/mol. The van der Waals surface area contributed by atoms with E-state index < -0.39 is 78.5 Å². The molecule has 0 spiro atoms. The molecule has 8 atom stereocenters. The first-order valence-corrected chi connectivity index (χ1v) is 18.3. The van der Waals surface area contributed by atoms with E-state index in [2.05, 4.69) is 35.5 Å². The number of aliphatic hydroxyl groups is 5. The van der Waals surface area contributed by atoms with Crippen molar-refractivity contribution in [2.75, 3.05) is 13.2 Å². The van der Waals surface area contributed by atoms with Crippen LogP contribution in [0.4, 0.5) is 0 Å². The zero-order chi connectivity index (χ0) is 35.1. The van der Waals surface area contributed by atoms with Crippen LogP contribution in [0.2, 0.25) is 0 Å². The average Bonchev–Trinajstić information content (AvgIpc) is 3.03. The number of allylic oxidation sites excluding steroid dienone is 5. The zero-order valence-electron chi connectivity index (χ0n) is 27.9. The molecule has 1 aliphatic heterocycles. The van der Waals surface area contributed by atoms with E-state index in [0.29, 0.717) is 12.8 Å². The molecule has 14 heteroatoms. The Hall–Kier alpha value is -1.72. The Kier molecular flexibility index (Phi) is 23.3. The van der Waals surface area contributed by atoms with E-state index in [1.807, 2.05) is 12.2 Å². The molecule has 274 valence electrons. The van der Waals surface area contributed by atoms with Crippen LogP contribution in [0.25, 0.3) is 0 Å². The quantitative estimate of drug-likeness (QED) is 0.0396. The molecule has 7 N–H and O–H groups in total. The minimum Gasteiger partial charge on any atom is -0.394 e. The molecule has 47 heavy (non-hydrogen) atoms. The molecule has 0 aromatic heterocycles. The highest BCUT2D eigenvalue weighted by Crippen LogP contribution is 2.26. The number of nitrogens with one attached hydrogen (secondary N) is 1. The molecule has 1 amide bonds. The van der Waals surface area contributed by atoms with Gasteiger partial charge in [0.2, 0.25) is 5.91 Å². The second kappa shape index (κ2) is 25.3. The summed E-state index contributed by atoms with van der Waals surface area (Å²) in [7, 11) is -5.11. The maximum absolute atomic E-state index is 12.9. The highest BCUT2D eigenvalue weighted by atomic mass is 32.3. The molecule has 0 radical (unpaired) electrons. The molecule has 0 saturated carbocycles. The van der Waals surface area contributed by atoms with E-state index >= 15 is 0 Å². The first-order chi connectivity index (χ1) is 22.4. The van der Waals surface area contributed by atoms with Crippen LogP contribution >= 0.6 is 0 Å². The number of ether oxygens (including phenoxy) is 2. The van der Waals surface area contributed by atoms with E-state index in [9.17, 15) is 38.7 Å². The number of hydrogen-bond acceptors (Lipinski definition) is 11. The van der Waals surface area contributed by atoms with E-state index in [-0.39, 0.29) is 6.42 Å². The summed E-state index contributed by atoms with van der Waals surface area (Å²) < 4.78 is 47.0.